The van der Waals surface area contributed by atoms with Gasteiger partial charge in [-0.2, -0.15) is 0 Å². The quantitative estimate of drug-likeness (QED) is 0.655. The fourth-order valence-corrected chi connectivity index (χ4v) is 2.66. The number of hydrogen-bond donors (Lipinski definition) is 2. The van der Waals surface area contributed by atoms with Crippen LogP contribution in [-0.4, -0.2) is 21.4 Å². The lowest BCUT2D eigenvalue weighted by Crippen LogP contribution is -2.30. The third-order valence-electron chi connectivity index (χ3n) is 3.62. The first-order valence-corrected chi connectivity index (χ1v) is 6.85. The van der Waals surface area contributed by atoms with E-state index >= 15 is 0 Å². The summed E-state index contributed by atoms with van der Waals surface area (Å²) in [5, 5.41) is 0. The smallest absolute Gasteiger partial charge is 0.145 e. The van der Waals surface area contributed by atoms with E-state index in [0.717, 1.165) is 37.6 Å². The van der Waals surface area contributed by atoms with E-state index in [1.807, 2.05) is 13.0 Å². The number of fused-ring (bicyclic) bond motifs is 1. The number of nitrogens with two attached hydrogens (primary N) is 1. The minimum atomic E-state index is 0.671. The largest absolute Gasteiger partial charge is 0.308 e. The molecule has 2 aromatic rings. The molecule has 1 aliphatic rings. The molecule has 0 fully saturated rings. The van der Waals surface area contributed by atoms with Crippen LogP contribution in [0.2, 0.25) is 0 Å². The first-order valence-electron chi connectivity index (χ1n) is 6.85. The summed E-state index contributed by atoms with van der Waals surface area (Å²) < 4.78 is 0. The van der Waals surface area contributed by atoms with Crippen LogP contribution in [-0.2, 0) is 19.5 Å². The van der Waals surface area contributed by atoms with Gasteiger partial charge in [-0.3, -0.25) is 4.90 Å². The van der Waals surface area contributed by atoms with Gasteiger partial charge < -0.3 is 5.43 Å². The van der Waals surface area contributed by atoms with Gasteiger partial charge in [0.05, 0.1) is 6.54 Å². The highest BCUT2D eigenvalue weighted by Crippen LogP contribution is 2.19. The van der Waals surface area contributed by atoms with Crippen LogP contribution in [0.1, 0.15) is 22.6 Å². The number of anilines is 1. The van der Waals surface area contributed by atoms with Crippen molar-refractivity contribution in [2.24, 2.45) is 5.84 Å². The van der Waals surface area contributed by atoms with Gasteiger partial charge in [0.2, 0.25) is 0 Å². The molecule has 1 aliphatic heterocycles. The maximum absolute atomic E-state index is 5.43. The van der Waals surface area contributed by atoms with Crippen molar-refractivity contribution in [3.05, 3.63) is 53.0 Å². The van der Waals surface area contributed by atoms with Gasteiger partial charge >= 0.3 is 0 Å². The van der Waals surface area contributed by atoms with Crippen LogP contribution in [0.15, 0.2) is 30.3 Å². The van der Waals surface area contributed by atoms with E-state index < -0.39 is 0 Å². The molecule has 0 atom stereocenters. The number of benzene rings is 1. The van der Waals surface area contributed by atoms with Gasteiger partial charge in [0, 0.05) is 24.8 Å². The standard InChI is InChI=1S/C15H19N5/c1-11-8-14(19-16)18-15(17-11)10-20-7-6-12-4-2-3-5-13(12)9-20/h2-5,8H,6-7,9-10,16H2,1H3,(H,17,18,19). The van der Waals surface area contributed by atoms with Crippen molar-refractivity contribution < 1.29 is 0 Å². The average molecular weight is 269 g/mol. The van der Waals surface area contributed by atoms with E-state index in [-0.39, 0.29) is 0 Å². The second-order valence-electron chi connectivity index (χ2n) is 5.18. The molecular formula is C15H19N5. The minimum absolute atomic E-state index is 0.671. The Kier molecular flexibility index (Phi) is 3.62. The maximum atomic E-state index is 5.43. The van der Waals surface area contributed by atoms with Crippen LogP contribution in [0, 0.1) is 6.92 Å². The molecule has 3 N–H and O–H groups in total. The highest BCUT2D eigenvalue weighted by Gasteiger charge is 2.17. The summed E-state index contributed by atoms with van der Waals surface area (Å²) in [5.74, 6) is 6.92. The highest BCUT2D eigenvalue weighted by molar-refractivity contribution is 5.34. The second-order valence-corrected chi connectivity index (χ2v) is 5.18. The molecule has 0 radical (unpaired) electrons. The van der Waals surface area contributed by atoms with E-state index in [9.17, 15) is 0 Å². The zero-order chi connectivity index (χ0) is 13.9. The summed E-state index contributed by atoms with van der Waals surface area (Å²) in [5.41, 5.74) is 6.39. The number of nitrogens with one attached hydrogen (secondary N) is 1. The van der Waals surface area contributed by atoms with Crippen molar-refractivity contribution in [1.29, 1.82) is 0 Å². The summed E-state index contributed by atoms with van der Waals surface area (Å²) in [7, 11) is 0. The van der Waals surface area contributed by atoms with E-state index in [0.29, 0.717) is 5.82 Å². The Hall–Kier alpha value is -1.98. The minimum Gasteiger partial charge on any atom is -0.308 e. The Balaban J connectivity index is 1.75. The fraction of sp³-hybridized carbons (Fsp3) is 0.333. The summed E-state index contributed by atoms with van der Waals surface area (Å²) in [6.07, 6.45) is 1.09. The number of nitrogens with zero attached hydrogens (tertiary/aromatic N) is 3. The lowest BCUT2D eigenvalue weighted by Gasteiger charge is -2.28. The number of rotatable bonds is 3. The molecule has 2 heterocycles. The van der Waals surface area contributed by atoms with Crippen LogP contribution < -0.4 is 11.3 Å². The van der Waals surface area contributed by atoms with E-state index in [1.165, 1.54) is 11.1 Å². The van der Waals surface area contributed by atoms with E-state index in [4.69, 9.17) is 5.84 Å². The lowest BCUT2D eigenvalue weighted by molar-refractivity contribution is 0.239. The molecule has 20 heavy (non-hydrogen) atoms. The molecule has 5 nitrogen and oxygen atoms in total. The third kappa shape index (κ3) is 2.79. The maximum Gasteiger partial charge on any atom is 0.145 e. The number of aryl methyl sites for hydroxylation is 1. The van der Waals surface area contributed by atoms with Crippen molar-refractivity contribution >= 4 is 5.82 Å². The van der Waals surface area contributed by atoms with Crippen LogP contribution in [0.5, 0.6) is 0 Å². The van der Waals surface area contributed by atoms with Gasteiger partial charge in [0.25, 0.3) is 0 Å². The SMILES string of the molecule is Cc1cc(NN)nc(CN2CCc3ccccc3C2)n1. The molecule has 0 aliphatic carbocycles. The van der Waals surface area contributed by atoms with Crippen LogP contribution >= 0.6 is 0 Å². The molecule has 0 spiro atoms. The lowest BCUT2D eigenvalue weighted by atomic mass is 10.00. The van der Waals surface area contributed by atoms with Gasteiger partial charge in [-0.15, -0.1) is 0 Å². The van der Waals surface area contributed by atoms with Crippen molar-refractivity contribution in [1.82, 2.24) is 14.9 Å². The van der Waals surface area contributed by atoms with E-state index in [2.05, 4.69) is 44.6 Å². The van der Waals surface area contributed by atoms with Crippen LogP contribution in [0.25, 0.3) is 0 Å². The molecule has 1 aromatic heterocycles. The summed E-state index contributed by atoms with van der Waals surface area (Å²) >= 11 is 0. The second kappa shape index (κ2) is 5.56. The number of aromatic nitrogens is 2. The zero-order valence-corrected chi connectivity index (χ0v) is 11.6. The van der Waals surface area contributed by atoms with Crippen molar-refractivity contribution in [2.75, 3.05) is 12.0 Å². The first-order chi connectivity index (χ1) is 9.74. The Morgan fingerprint density at radius 2 is 2.05 bits per heavy atom. The molecule has 1 aromatic carbocycles. The van der Waals surface area contributed by atoms with Gasteiger partial charge in [-0.25, -0.2) is 15.8 Å². The molecule has 0 bridgehead atoms. The normalized spacial score (nSPS) is 14.9. The number of nitrogen functional groups attached to an aromatic ring is 1. The molecule has 3 rings (SSSR count). The fourth-order valence-electron chi connectivity index (χ4n) is 2.66. The van der Waals surface area contributed by atoms with Gasteiger partial charge in [0.1, 0.15) is 11.6 Å². The van der Waals surface area contributed by atoms with Crippen molar-refractivity contribution in [2.45, 2.75) is 26.4 Å². The predicted molar refractivity (Wildman–Crippen MR) is 78.8 cm³/mol. The Morgan fingerprint density at radius 1 is 1.25 bits per heavy atom. The highest BCUT2D eigenvalue weighted by atomic mass is 15.3. The van der Waals surface area contributed by atoms with Crippen LogP contribution in [0.4, 0.5) is 5.82 Å². The van der Waals surface area contributed by atoms with E-state index in [1.54, 1.807) is 0 Å². The third-order valence-corrected chi connectivity index (χ3v) is 3.62. The Labute approximate surface area is 118 Å². The Bertz CT molecular complexity index is 611. The topological polar surface area (TPSA) is 67.1 Å². The Morgan fingerprint density at radius 3 is 2.85 bits per heavy atom. The summed E-state index contributed by atoms with van der Waals surface area (Å²) in [6.45, 7) is 4.71. The van der Waals surface area contributed by atoms with Crippen molar-refractivity contribution in [3.8, 4) is 0 Å². The molecule has 0 saturated carbocycles. The molecule has 104 valence electrons. The molecule has 0 unspecified atom stereocenters. The molecule has 0 saturated heterocycles. The van der Waals surface area contributed by atoms with Gasteiger partial charge in [-0.05, 0) is 24.5 Å². The van der Waals surface area contributed by atoms with Crippen molar-refractivity contribution in [3.63, 3.8) is 0 Å². The van der Waals surface area contributed by atoms with Crippen LogP contribution in [0.3, 0.4) is 0 Å². The van der Waals surface area contributed by atoms with Gasteiger partial charge in [-0.1, -0.05) is 24.3 Å². The molecule has 5 heteroatoms. The first kappa shape index (κ1) is 13.0. The predicted octanol–water partition coefficient (Wildman–Crippen LogP) is 1.63. The number of hydrazine groups is 1. The monoisotopic (exact) mass is 269 g/mol. The summed E-state index contributed by atoms with van der Waals surface area (Å²) in [4.78, 5) is 11.3. The molecule has 0 amide bonds. The zero-order valence-electron chi connectivity index (χ0n) is 11.6. The van der Waals surface area contributed by atoms with Gasteiger partial charge in [0.15, 0.2) is 0 Å². The average Bonchev–Trinajstić information content (AvgIpc) is 2.46. The number of hydrogen-bond acceptors (Lipinski definition) is 5. The summed E-state index contributed by atoms with van der Waals surface area (Å²) in [6, 6.07) is 10.5. The molecular weight excluding hydrogens is 250 g/mol.